The van der Waals surface area contributed by atoms with E-state index in [0.29, 0.717) is 6.04 Å². The van der Waals surface area contributed by atoms with Crippen molar-refractivity contribution < 1.29 is 0 Å². The highest BCUT2D eigenvalue weighted by molar-refractivity contribution is 5.05. The van der Waals surface area contributed by atoms with E-state index in [0.717, 1.165) is 24.5 Å². The summed E-state index contributed by atoms with van der Waals surface area (Å²) < 4.78 is 0. The molecule has 0 aliphatic carbocycles. The Balaban J connectivity index is 1.89. The molecule has 1 atom stereocenters. The van der Waals surface area contributed by atoms with Gasteiger partial charge in [-0.2, -0.15) is 0 Å². The molecule has 0 bridgehead atoms. The number of rotatable bonds is 5. The van der Waals surface area contributed by atoms with Crippen molar-refractivity contribution >= 4 is 0 Å². The molecule has 4 heteroatoms. The summed E-state index contributed by atoms with van der Waals surface area (Å²) >= 11 is 0. The quantitative estimate of drug-likeness (QED) is 0.852. The minimum atomic E-state index is 0.440. The number of aromatic amines is 1. The summed E-state index contributed by atoms with van der Waals surface area (Å²) in [6.45, 7) is 3.04. The third kappa shape index (κ3) is 3.39. The Hall–Kier alpha value is -1.68. The molecule has 2 aromatic rings. The first-order chi connectivity index (χ1) is 8.25. The van der Waals surface area contributed by atoms with Gasteiger partial charge in [0.05, 0.1) is 6.54 Å². The molecule has 1 unspecified atom stereocenters. The molecule has 2 aromatic heterocycles. The SMILES string of the molecule is CC(Cc1ccccn1)N(C)Cc1ncc[nH]1. The van der Waals surface area contributed by atoms with Gasteiger partial charge in [0.25, 0.3) is 0 Å². The van der Waals surface area contributed by atoms with Crippen LogP contribution in [0.5, 0.6) is 0 Å². The average Bonchev–Trinajstić information content (AvgIpc) is 2.83. The predicted octanol–water partition coefficient (Wildman–Crippen LogP) is 1.87. The second-order valence-corrected chi connectivity index (χ2v) is 4.33. The Morgan fingerprint density at radius 1 is 1.29 bits per heavy atom. The third-order valence-electron chi connectivity index (χ3n) is 2.94. The number of nitrogens with one attached hydrogen (secondary N) is 1. The molecule has 0 aromatic carbocycles. The second-order valence-electron chi connectivity index (χ2n) is 4.33. The molecule has 0 amide bonds. The first-order valence-electron chi connectivity index (χ1n) is 5.84. The van der Waals surface area contributed by atoms with Gasteiger partial charge in [-0.3, -0.25) is 9.88 Å². The zero-order chi connectivity index (χ0) is 12.1. The van der Waals surface area contributed by atoms with Crippen molar-refractivity contribution in [2.24, 2.45) is 0 Å². The molecule has 1 N–H and O–H groups in total. The van der Waals surface area contributed by atoms with E-state index in [9.17, 15) is 0 Å². The highest BCUT2D eigenvalue weighted by Gasteiger charge is 2.11. The van der Waals surface area contributed by atoms with Crippen LogP contribution in [0, 0.1) is 0 Å². The van der Waals surface area contributed by atoms with Crippen LogP contribution in [-0.2, 0) is 13.0 Å². The number of H-pyrrole nitrogens is 1. The fourth-order valence-corrected chi connectivity index (χ4v) is 1.75. The molecule has 0 radical (unpaired) electrons. The van der Waals surface area contributed by atoms with Crippen LogP contribution >= 0.6 is 0 Å². The van der Waals surface area contributed by atoms with Crippen molar-refractivity contribution in [1.82, 2.24) is 19.9 Å². The van der Waals surface area contributed by atoms with Crippen molar-refractivity contribution in [2.45, 2.75) is 25.9 Å². The standard InChI is InChI=1S/C13H18N4/c1-11(9-12-5-3-4-6-14-12)17(2)10-13-15-7-8-16-13/h3-8,11H,9-10H2,1-2H3,(H,15,16). The molecule has 0 saturated carbocycles. The van der Waals surface area contributed by atoms with Gasteiger partial charge in [0, 0.05) is 36.7 Å². The van der Waals surface area contributed by atoms with Gasteiger partial charge in [0.2, 0.25) is 0 Å². The van der Waals surface area contributed by atoms with Crippen LogP contribution in [0.15, 0.2) is 36.8 Å². The molecule has 0 fully saturated rings. The molecule has 17 heavy (non-hydrogen) atoms. The van der Waals surface area contributed by atoms with E-state index in [2.05, 4.69) is 39.9 Å². The molecule has 0 aliphatic heterocycles. The number of pyridine rings is 1. The Morgan fingerprint density at radius 2 is 2.18 bits per heavy atom. The summed E-state index contributed by atoms with van der Waals surface area (Å²) in [6.07, 6.45) is 6.44. The van der Waals surface area contributed by atoms with E-state index in [-0.39, 0.29) is 0 Å². The Morgan fingerprint density at radius 3 is 2.82 bits per heavy atom. The van der Waals surface area contributed by atoms with Crippen LogP contribution in [0.4, 0.5) is 0 Å². The van der Waals surface area contributed by atoms with E-state index >= 15 is 0 Å². The maximum absolute atomic E-state index is 4.35. The fraction of sp³-hybridized carbons (Fsp3) is 0.385. The van der Waals surface area contributed by atoms with E-state index < -0.39 is 0 Å². The molecule has 0 spiro atoms. The summed E-state index contributed by atoms with van der Waals surface area (Å²) in [4.78, 5) is 14.0. The number of likely N-dealkylation sites (N-methyl/N-ethyl adjacent to an activating group) is 1. The molecular formula is C13H18N4. The van der Waals surface area contributed by atoms with Crippen LogP contribution in [0.2, 0.25) is 0 Å². The summed E-state index contributed by atoms with van der Waals surface area (Å²) in [6, 6.07) is 6.48. The predicted molar refractivity (Wildman–Crippen MR) is 67.5 cm³/mol. The van der Waals surface area contributed by atoms with Crippen LogP contribution in [0.3, 0.4) is 0 Å². The number of aromatic nitrogens is 3. The first-order valence-corrected chi connectivity index (χ1v) is 5.84. The first kappa shape index (κ1) is 11.8. The smallest absolute Gasteiger partial charge is 0.120 e. The van der Waals surface area contributed by atoms with Crippen molar-refractivity contribution in [2.75, 3.05) is 7.05 Å². The van der Waals surface area contributed by atoms with E-state index in [1.807, 2.05) is 24.5 Å². The summed E-state index contributed by atoms with van der Waals surface area (Å²) in [5.74, 6) is 1.00. The maximum atomic E-state index is 4.35. The van der Waals surface area contributed by atoms with Gasteiger partial charge in [-0.25, -0.2) is 4.98 Å². The molecule has 0 aliphatic rings. The monoisotopic (exact) mass is 230 g/mol. The van der Waals surface area contributed by atoms with Gasteiger partial charge in [0.1, 0.15) is 5.82 Å². The van der Waals surface area contributed by atoms with Crippen LogP contribution < -0.4 is 0 Å². The number of imidazole rings is 1. The maximum Gasteiger partial charge on any atom is 0.120 e. The van der Waals surface area contributed by atoms with E-state index in [1.165, 1.54) is 0 Å². The van der Waals surface area contributed by atoms with Gasteiger partial charge >= 0.3 is 0 Å². The van der Waals surface area contributed by atoms with E-state index in [4.69, 9.17) is 0 Å². The van der Waals surface area contributed by atoms with Crippen molar-refractivity contribution in [3.63, 3.8) is 0 Å². The lowest BCUT2D eigenvalue weighted by atomic mass is 10.1. The molecule has 2 heterocycles. The summed E-state index contributed by atoms with van der Waals surface area (Å²) in [5.41, 5.74) is 1.13. The number of hydrogen-bond acceptors (Lipinski definition) is 3. The number of nitrogens with zero attached hydrogens (tertiary/aromatic N) is 3. The van der Waals surface area contributed by atoms with Crippen LogP contribution in [0.25, 0.3) is 0 Å². The molecular weight excluding hydrogens is 212 g/mol. The fourth-order valence-electron chi connectivity index (χ4n) is 1.75. The van der Waals surface area contributed by atoms with Crippen molar-refractivity contribution in [3.8, 4) is 0 Å². The summed E-state index contributed by atoms with van der Waals surface area (Å²) in [7, 11) is 2.11. The van der Waals surface area contributed by atoms with Crippen LogP contribution in [0.1, 0.15) is 18.4 Å². The van der Waals surface area contributed by atoms with Crippen LogP contribution in [-0.4, -0.2) is 32.9 Å². The largest absolute Gasteiger partial charge is 0.348 e. The highest BCUT2D eigenvalue weighted by Crippen LogP contribution is 2.07. The Bertz CT molecular complexity index is 424. The van der Waals surface area contributed by atoms with Crippen molar-refractivity contribution in [3.05, 3.63) is 48.3 Å². The number of hydrogen-bond donors (Lipinski definition) is 1. The third-order valence-corrected chi connectivity index (χ3v) is 2.94. The average molecular weight is 230 g/mol. The molecule has 2 rings (SSSR count). The van der Waals surface area contributed by atoms with Gasteiger partial charge in [0.15, 0.2) is 0 Å². The highest BCUT2D eigenvalue weighted by atomic mass is 15.1. The molecule has 90 valence electrons. The lowest BCUT2D eigenvalue weighted by Gasteiger charge is -2.23. The van der Waals surface area contributed by atoms with Gasteiger partial charge in [-0.15, -0.1) is 0 Å². The molecule has 0 saturated heterocycles. The Kier molecular flexibility index (Phi) is 3.88. The second kappa shape index (κ2) is 5.59. The van der Waals surface area contributed by atoms with E-state index in [1.54, 1.807) is 6.20 Å². The lowest BCUT2D eigenvalue weighted by molar-refractivity contribution is 0.241. The lowest BCUT2D eigenvalue weighted by Crippen LogP contribution is -2.31. The minimum absolute atomic E-state index is 0.440. The Labute approximate surface area is 102 Å². The zero-order valence-electron chi connectivity index (χ0n) is 10.3. The van der Waals surface area contributed by atoms with Gasteiger partial charge in [-0.05, 0) is 26.1 Å². The van der Waals surface area contributed by atoms with Crippen molar-refractivity contribution in [1.29, 1.82) is 0 Å². The summed E-state index contributed by atoms with van der Waals surface area (Å²) in [5, 5.41) is 0. The normalized spacial score (nSPS) is 12.9. The zero-order valence-corrected chi connectivity index (χ0v) is 10.3. The topological polar surface area (TPSA) is 44.8 Å². The minimum Gasteiger partial charge on any atom is -0.348 e. The van der Waals surface area contributed by atoms with Gasteiger partial charge < -0.3 is 4.98 Å². The molecule has 4 nitrogen and oxygen atoms in total. The van der Waals surface area contributed by atoms with Gasteiger partial charge in [-0.1, -0.05) is 6.07 Å².